The van der Waals surface area contributed by atoms with Crippen molar-refractivity contribution in [3.8, 4) is 0 Å². The molecular weight excluding hydrogens is 578 g/mol. The molecule has 0 spiro atoms. The molecule has 0 radical (unpaired) electrons. The van der Waals surface area contributed by atoms with Crippen LogP contribution >= 0.6 is 0 Å². The number of rotatable bonds is 10. The second kappa shape index (κ2) is 14.0. The van der Waals surface area contributed by atoms with Crippen molar-refractivity contribution < 1.29 is 19.1 Å². The van der Waals surface area contributed by atoms with Gasteiger partial charge in [-0.15, -0.1) is 0 Å². The number of pyridine rings is 1. The maximum atomic E-state index is 13.7. The van der Waals surface area contributed by atoms with Crippen molar-refractivity contribution in [2.24, 2.45) is 0 Å². The van der Waals surface area contributed by atoms with Gasteiger partial charge in [-0.05, 0) is 79.5 Å². The molecule has 2 aromatic heterocycles. The van der Waals surface area contributed by atoms with E-state index in [2.05, 4.69) is 47.4 Å². The number of aliphatic hydroxyl groups is 1. The molecule has 4 aromatic rings. The molecule has 46 heavy (non-hydrogen) atoms. The Balaban J connectivity index is 1.30. The molecule has 0 aliphatic carbocycles. The fourth-order valence-electron chi connectivity index (χ4n) is 5.98. The Hall–Kier alpha value is -4.34. The minimum atomic E-state index is -0.953. The van der Waals surface area contributed by atoms with E-state index in [0.29, 0.717) is 30.1 Å². The van der Waals surface area contributed by atoms with E-state index < -0.39 is 18.2 Å². The second-order valence-corrected chi connectivity index (χ2v) is 13.4. The highest BCUT2D eigenvalue weighted by Crippen LogP contribution is 2.33. The van der Waals surface area contributed by atoms with Crippen LogP contribution in [-0.4, -0.2) is 50.5 Å². The zero-order chi connectivity index (χ0) is 33.0. The summed E-state index contributed by atoms with van der Waals surface area (Å²) >= 11 is 0. The number of amides is 2. The molecule has 4 atom stereocenters. The zero-order valence-corrected chi connectivity index (χ0v) is 27.6. The SMILES string of the molecule is Cc1cc(C(=O)NC(C)C(O)C(NCc2cncc(C(C)(C)C)c2)c2ccccc2)cc(C(=O)N2CCCC2c2nc(C)co2)c1. The number of hydrogen-bond donors (Lipinski definition) is 3. The Morgan fingerprint density at radius 1 is 1.07 bits per heavy atom. The van der Waals surface area contributed by atoms with E-state index in [1.54, 1.807) is 36.3 Å². The van der Waals surface area contributed by atoms with Gasteiger partial charge in [0.05, 0.1) is 23.9 Å². The first-order valence-electron chi connectivity index (χ1n) is 16.0. The number of aromatic nitrogens is 2. The van der Waals surface area contributed by atoms with E-state index in [9.17, 15) is 14.7 Å². The van der Waals surface area contributed by atoms with Crippen LogP contribution in [0, 0.1) is 13.8 Å². The third-order valence-corrected chi connectivity index (χ3v) is 8.58. The highest BCUT2D eigenvalue weighted by molar-refractivity contribution is 6.00. The summed E-state index contributed by atoms with van der Waals surface area (Å²) in [5.74, 6) is 0.0126. The van der Waals surface area contributed by atoms with Crippen LogP contribution in [0.5, 0.6) is 0 Å². The summed E-state index contributed by atoms with van der Waals surface area (Å²) in [4.78, 5) is 37.9. The molecule has 1 fully saturated rings. The highest BCUT2D eigenvalue weighted by Gasteiger charge is 2.34. The summed E-state index contributed by atoms with van der Waals surface area (Å²) in [6.07, 6.45) is 5.98. The van der Waals surface area contributed by atoms with E-state index in [-0.39, 0.29) is 23.3 Å². The normalized spacial score (nSPS) is 17.0. The average molecular weight is 624 g/mol. The summed E-state index contributed by atoms with van der Waals surface area (Å²) in [6, 6.07) is 15.7. The molecule has 1 saturated heterocycles. The van der Waals surface area contributed by atoms with Crippen molar-refractivity contribution in [1.82, 2.24) is 25.5 Å². The van der Waals surface area contributed by atoms with E-state index in [1.807, 2.05) is 56.6 Å². The van der Waals surface area contributed by atoms with Gasteiger partial charge in [0, 0.05) is 36.6 Å². The van der Waals surface area contributed by atoms with Crippen molar-refractivity contribution in [2.45, 2.75) is 90.6 Å². The third kappa shape index (κ3) is 7.71. The fourth-order valence-corrected chi connectivity index (χ4v) is 5.98. The number of carbonyl (C=O) groups excluding carboxylic acids is 2. The first-order chi connectivity index (χ1) is 21.9. The van der Waals surface area contributed by atoms with E-state index >= 15 is 0 Å². The molecular formula is C37H45N5O4. The first-order valence-corrected chi connectivity index (χ1v) is 16.0. The quantitative estimate of drug-likeness (QED) is 0.199. The van der Waals surface area contributed by atoms with Gasteiger partial charge in [-0.2, -0.15) is 0 Å². The lowest BCUT2D eigenvalue weighted by molar-refractivity contribution is 0.0715. The molecule has 2 aromatic carbocycles. The molecule has 3 heterocycles. The number of carbonyl (C=O) groups is 2. The zero-order valence-electron chi connectivity index (χ0n) is 27.6. The van der Waals surface area contributed by atoms with Gasteiger partial charge < -0.3 is 25.1 Å². The first kappa shape index (κ1) is 33.0. The molecule has 4 unspecified atom stereocenters. The van der Waals surface area contributed by atoms with Crippen LogP contribution in [-0.2, 0) is 12.0 Å². The molecule has 5 rings (SSSR count). The fraction of sp³-hybridized carbons (Fsp3) is 0.405. The number of nitrogens with zero attached hydrogens (tertiary/aromatic N) is 3. The van der Waals surface area contributed by atoms with Crippen molar-refractivity contribution in [2.75, 3.05) is 6.54 Å². The van der Waals surface area contributed by atoms with Crippen LogP contribution < -0.4 is 10.6 Å². The van der Waals surface area contributed by atoms with E-state index in [0.717, 1.165) is 40.8 Å². The Kier molecular flexibility index (Phi) is 10.0. The summed E-state index contributed by atoms with van der Waals surface area (Å²) in [5.41, 5.74) is 5.37. The lowest BCUT2D eigenvalue weighted by Gasteiger charge is -2.30. The molecule has 9 heteroatoms. The van der Waals surface area contributed by atoms with Gasteiger partial charge in [0.25, 0.3) is 11.8 Å². The summed E-state index contributed by atoms with van der Waals surface area (Å²) < 4.78 is 5.63. The molecule has 9 nitrogen and oxygen atoms in total. The van der Waals surface area contributed by atoms with Crippen LogP contribution in [0.25, 0.3) is 0 Å². The van der Waals surface area contributed by atoms with Gasteiger partial charge in [0.1, 0.15) is 12.3 Å². The minimum Gasteiger partial charge on any atom is -0.446 e. The molecule has 1 aliphatic heterocycles. The lowest BCUT2D eigenvalue weighted by Crippen LogP contribution is -2.47. The predicted molar refractivity (Wildman–Crippen MR) is 177 cm³/mol. The van der Waals surface area contributed by atoms with Gasteiger partial charge >= 0.3 is 0 Å². The summed E-state index contributed by atoms with van der Waals surface area (Å²) in [7, 11) is 0. The van der Waals surface area contributed by atoms with Crippen LogP contribution in [0.4, 0.5) is 0 Å². The van der Waals surface area contributed by atoms with Gasteiger partial charge in [0.15, 0.2) is 0 Å². The predicted octanol–water partition coefficient (Wildman–Crippen LogP) is 5.97. The van der Waals surface area contributed by atoms with Crippen molar-refractivity contribution >= 4 is 11.8 Å². The topological polar surface area (TPSA) is 121 Å². The van der Waals surface area contributed by atoms with Crippen LogP contribution in [0.15, 0.2) is 77.7 Å². The number of hydrogen-bond acceptors (Lipinski definition) is 7. The minimum absolute atomic E-state index is 0.0354. The molecule has 1 aliphatic rings. The number of benzene rings is 2. The van der Waals surface area contributed by atoms with Crippen LogP contribution in [0.2, 0.25) is 0 Å². The van der Waals surface area contributed by atoms with E-state index in [4.69, 9.17) is 4.42 Å². The van der Waals surface area contributed by atoms with Crippen molar-refractivity contribution in [3.63, 3.8) is 0 Å². The number of aliphatic hydroxyl groups excluding tert-OH is 1. The molecule has 3 N–H and O–H groups in total. The van der Waals surface area contributed by atoms with Crippen LogP contribution in [0.3, 0.4) is 0 Å². The molecule has 0 saturated carbocycles. The maximum Gasteiger partial charge on any atom is 0.254 e. The highest BCUT2D eigenvalue weighted by atomic mass is 16.3. The Morgan fingerprint density at radius 3 is 2.50 bits per heavy atom. The van der Waals surface area contributed by atoms with Gasteiger partial charge in [0.2, 0.25) is 5.89 Å². The molecule has 242 valence electrons. The largest absolute Gasteiger partial charge is 0.446 e. The third-order valence-electron chi connectivity index (χ3n) is 8.58. The van der Waals surface area contributed by atoms with Gasteiger partial charge in [-0.3, -0.25) is 14.6 Å². The Labute approximate surface area is 271 Å². The van der Waals surface area contributed by atoms with Gasteiger partial charge in [-0.1, -0.05) is 57.2 Å². The average Bonchev–Trinajstić information content (AvgIpc) is 3.69. The van der Waals surface area contributed by atoms with Crippen molar-refractivity contribution in [1.29, 1.82) is 0 Å². The van der Waals surface area contributed by atoms with Crippen LogP contribution in [0.1, 0.15) is 107 Å². The van der Waals surface area contributed by atoms with Gasteiger partial charge in [-0.25, -0.2) is 4.98 Å². The number of likely N-dealkylation sites (tertiary alicyclic amines) is 1. The number of nitrogens with one attached hydrogen (secondary N) is 2. The number of aryl methyl sites for hydroxylation is 2. The monoisotopic (exact) mass is 623 g/mol. The Morgan fingerprint density at radius 2 is 1.80 bits per heavy atom. The summed E-state index contributed by atoms with van der Waals surface area (Å²) in [5, 5.41) is 18.1. The Bertz CT molecular complexity index is 1660. The van der Waals surface area contributed by atoms with E-state index in [1.165, 1.54) is 0 Å². The molecule has 0 bridgehead atoms. The molecule has 2 amide bonds. The lowest BCUT2D eigenvalue weighted by atomic mass is 9.87. The van der Waals surface area contributed by atoms with Crippen molar-refractivity contribution in [3.05, 3.63) is 118 Å². The smallest absolute Gasteiger partial charge is 0.254 e. The second-order valence-electron chi connectivity index (χ2n) is 13.4. The summed E-state index contributed by atoms with van der Waals surface area (Å²) in [6.45, 7) is 13.0. The standard InChI is InChI=1S/C37H45N5O4/c1-23-15-28(18-29(16-23)36(45)42-14-10-13-31(42)35-40-24(2)22-46-35)34(44)41-25(3)33(43)32(27-11-8-7-9-12-27)39-20-26-17-30(21-38-19-26)37(4,5)6/h7-9,11-12,15-19,21-22,25,31-33,39,43H,10,13-14,20H2,1-6H3,(H,41,44). The number of oxazole rings is 1. The maximum absolute atomic E-state index is 13.7.